The summed E-state index contributed by atoms with van der Waals surface area (Å²) in [6.07, 6.45) is 0. The highest BCUT2D eigenvalue weighted by Gasteiger charge is 2.41. The highest BCUT2D eigenvalue weighted by Crippen LogP contribution is 2.44. The number of nitrogens with zero attached hydrogens (tertiary/aromatic N) is 2. The Hall–Kier alpha value is -6.20. The Balaban J connectivity index is 1.34. The van der Waals surface area contributed by atoms with E-state index in [1.165, 1.54) is 82.5 Å². The van der Waals surface area contributed by atoms with Crippen LogP contribution < -0.4 is 16.4 Å². The van der Waals surface area contributed by atoms with Gasteiger partial charge in [-0.25, -0.2) is 0 Å². The molecule has 9 aromatic rings. The second kappa shape index (κ2) is 10.7. The van der Waals surface area contributed by atoms with Gasteiger partial charge in [-0.15, -0.1) is 0 Å². The zero-order chi connectivity index (χ0) is 37.7. The molecule has 0 saturated heterocycles. The van der Waals surface area contributed by atoms with Crippen molar-refractivity contribution in [3.8, 4) is 45.1 Å². The van der Waals surface area contributed by atoms with Gasteiger partial charge < -0.3 is 19.3 Å². The quantitative estimate of drug-likeness (QED) is 0.175. The molecule has 2 aromatic heterocycles. The van der Waals surface area contributed by atoms with Gasteiger partial charge in [-0.05, 0) is 121 Å². The van der Waals surface area contributed by atoms with Crippen molar-refractivity contribution in [3.63, 3.8) is 0 Å². The van der Waals surface area contributed by atoms with Crippen LogP contribution in [-0.4, -0.2) is 26.1 Å². The molecule has 266 valence electrons. The van der Waals surface area contributed by atoms with Crippen molar-refractivity contribution >= 4 is 66.7 Å². The van der Waals surface area contributed by atoms with E-state index in [4.69, 9.17) is 0 Å². The molecule has 2 aliphatic rings. The predicted molar refractivity (Wildman–Crippen MR) is 231 cm³/mol. The lowest BCUT2D eigenvalue weighted by atomic mass is 9.34. The Bertz CT molecular complexity index is 3110. The average molecular weight is 713 g/mol. The Morgan fingerprint density at radius 2 is 1.02 bits per heavy atom. The number of hydrogen-bond donors (Lipinski definition) is 2. The van der Waals surface area contributed by atoms with Gasteiger partial charge in [0.2, 0.25) is 0 Å². The van der Waals surface area contributed by atoms with Gasteiger partial charge in [-0.3, -0.25) is 0 Å². The van der Waals surface area contributed by atoms with E-state index >= 15 is 0 Å². The molecular weight excluding hydrogens is 671 g/mol. The van der Waals surface area contributed by atoms with Crippen LogP contribution in [0.4, 0.5) is 0 Å². The molecule has 11 rings (SSSR count). The van der Waals surface area contributed by atoms with Crippen LogP contribution in [0.5, 0.6) is 11.5 Å². The van der Waals surface area contributed by atoms with Crippen molar-refractivity contribution in [3.05, 3.63) is 139 Å². The fourth-order valence-corrected chi connectivity index (χ4v) is 9.64. The summed E-state index contributed by atoms with van der Waals surface area (Å²) in [5.41, 5.74) is 18.2. The Labute approximate surface area is 321 Å². The molecule has 0 spiro atoms. The summed E-state index contributed by atoms with van der Waals surface area (Å²) < 4.78 is 5.06. The van der Waals surface area contributed by atoms with E-state index < -0.39 is 0 Å². The molecule has 2 aliphatic heterocycles. The van der Waals surface area contributed by atoms with Gasteiger partial charge in [0.25, 0.3) is 6.71 Å². The largest absolute Gasteiger partial charge is 0.508 e. The summed E-state index contributed by atoms with van der Waals surface area (Å²) in [6.45, 7) is 13.7. The third-order valence-corrected chi connectivity index (χ3v) is 12.4. The minimum atomic E-state index is -0.0330. The molecule has 4 nitrogen and oxygen atoms in total. The van der Waals surface area contributed by atoms with E-state index in [0.29, 0.717) is 0 Å². The molecule has 0 unspecified atom stereocenters. The summed E-state index contributed by atoms with van der Waals surface area (Å²) in [6, 6.07) is 45.7. The summed E-state index contributed by atoms with van der Waals surface area (Å²) in [4.78, 5) is 0. The highest BCUT2D eigenvalue weighted by molar-refractivity contribution is 7.00. The van der Waals surface area contributed by atoms with Crippen molar-refractivity contribution in [1.29, 1.82) is 0 Å². The van der Waals surface area contributed by atoms with Crippen LogP contribution in [0.3, 0.4) is 0 Å². The monoisotopic (exact) mass is 712 g/mol. The Morgan fingerprint density at radius 3 is 1.64 bits per heavy atom. The molecular formula is C50H41BN2O2. The number of phenolic OH excluding ortho intramolecular Hbond substituents is 2. The van der Waals surface area contributed by atoms with E-state index in [9.17, 15) is 10.2 Å². The van der Waals surface area contributed by atoms with Gasteiger partial charge in [-0.1, -0.05) is 108 Å². The molecule has 0 aliphatic carbocycles. The third kappa shape index (κ3) is 4.41. The number of aromatic hydroxyl groups is 2. The number of benzene rings is 7. The molecule has 0 fully saturated rings. The fraction of sp³-hybridized carbons (Fsp3) is 0.160. The lowest BCUT2D eigenvalue weighted by Crippen LogP contribution is -2.59. The molecule has 5 heteroatoms. The zero-order valence-corrected chi connectivity index (χ0v) is 32.0. The molecule has 0 amide bonds. The van der Waals surface area contributed by atoms with Crippen molar-refractivity contribution in [1.82, 2.24) is 9.13 Å². The maximum absolute atomic E-state index is 10.3. The van der Waals surface area contributed by atoms with Crippen LogP contribution in [0, 0.1) is 0 Å². The standard InChI is InChI=1S/C50H41BN2O2/c1-49(2,3)31-14-22-41-37(26-31)36-8-7-9-39-47(36)52(41)43-24-30(28-10-16-33(54)17-11-28)25-44-46(43)51(39)40-21-20-35(29-12-18-34(55)19-13-29)45-38-27-32(50(4,5)6)15-23-42(38)53(44)48(40)45/h7-27,54-55H,1-6H3. The van der Waals surface area contributed by atoms with Crippen LogP contribution in [0.2, 0.25) is 0 Å². The van der Waals surface area contributed by atoms with Gasteiger partial charge in [-0.2, -0.15) is 0 Å². The number of phenols is 2. The molecule has 0 saturated carbocycles. The summed E-state index contributed by atoms with van der Waals surface area (Å²) in [7, 11) is 0. The number of para-hydroxylation sites is 1. The molecule has 0 atom stereocenters. The first kappa shape index (κ1) is 32.3. The van der Waals surface area contributed by atoms with Crippen molar-refractivity contribution < 1.29 is 10.2 Å². The van der Waals surface area contributed by atoms with Gasteiger partial charge in [0.1, 0.15) is 11.5 Å². The highest BCUT2D eigenvalue weighted by atomic mass is 16.3. The van der Waals surface area contributed by atoms with Crippen LogP contribution >= 0.6 is 0 Å². The topological polar surface area (TPSA) is 50.3 Å². The van der Waals surface area contributed by atoms with E-state index in [2.05, 4.69) is 130 Å². The summed E-state index contributed by atoms with van der Waals surface area (Å²) in [5, 5.41) is 25.6. The number of hydrogen-bond acceptors (Lipinski definition) is 2. The van der Waals surface area contributed by atoms with Crippen molar-refractivity contribution in [2.75, 3.05) is 0 Å². The maximum Gasteiger partial charge on any atom is 0.252 e. The van der Waals surface area contributed by atoms with E-state index in [1.54, 1.807) is 24.3 Å². The predicted octanol–water partition coefficient (Wildman–Crippen LogP) is 10.4. The van der Waals surface area contributed by atoms with Gasteiger partial charge in [0.05, 0.1) is 11.0 Å². The molecule has 7 aromatic carbocycles. The first-order chi connectivity index (χ1) is 26.4. The van der Waals surface area contributed by atoms with Crippen LogP contribution in [-0.2, 0) is 10.8 Å². The van der Waals surface area contributed by atoms with Gasteiger partial charge in [0.15, 0.2) is 0 Å². The van der Waals surface area contributed by atoms with Crippen LogP contribution in [0.25, 0.3) is 77.2 Å². The normalized spacial score (nSPS) is 13.4. The zero-order valence-electron chi connectivity index (χ0n) is 32.0. The SMILES string of the molecule is CC(C)(C)c1ccc2c(c1)c1cccc3c1n2-c1cc(-c2ccc(O)cc2)cc2c1B3c1ccc(-c3ccc(O)cc3)c3c4cc(C(C)(C)C)ccc4n-2c13. The minimum absolute atomic E-state index is 0.0109. The lowest BCUT2D eigenvalue weighted by molar-refractivity contribution is 0.475. The fourth-order valence-electron chi connectivity index (χ4n) is 9.64. The molecule has 0 radical (unpaired) electrons. The lowest BCUT2D eigenvalue weighted by Gasteiger charge is -2.34. The minimum Gasteiger partial charge on any atom is -0.508 e. The number of aromatic nitrogens is 2. The van der Waals surface area contributed by atoms with E-state index in [1.807, 2.05) is 24.3 Å². The van der Waals surface area contributed by atoms with E-state index in [0.717, 1.165) is 22.3 Å². The molecule has 55 heavy (non-hydrogen) atoms. The first-order valence-electron chi connectivity index (χ1n) is 19.3. The van der Waals surface area contributed by atoms with Gasteiger partial charge in [0, 0.05) is 44.0 Å². The summed E-state index contributed by atoms with van der Waals surface area (Å²) in [5.74, 6) is 0.520. The van der Waals surface area contributed by atoms with Crippen LogP contribution in [0.1, 0.15) is 52.7 Å². The van der Waals surface area contributed by atoms with Crippen molar-refractivity contribution in [2.24, 2.45) is 0 Å². The summed E-state index contributed by atoms with van der Waals surface area (Å²) >= 11 is 0. The second-order valence-corrected chi connectivity index (χ2v) is 17.8. The third-order valence-electron chi connectivity index (χ3n) is 12.4. The van der Waals surface area contributed by atoms with E-state index in [-0.39, 0.29) is 29.0 Å². The number of fused-ring (bicyclic) bond motifs is 10. The van der Waals surface area contributed by atoms with Crippen molar-refractivity contribution in [2.45, 2.75) is 52.4 Å². The average Bonchev–Trinajstić information content (AvgIpc) is 3.69. The molecule has 0 bridgehead atoms. The molecule has 2 N–H and O–H groups in total. The number of rotatable bonds is 2. The smallest absolute Gasteiger partial charge is 0.252 e. The van der Waals surface area contributed by atoms with Gasteiger partial charge >= 0.3 is 0 Å². The van der Waals surface area contributed by atoms with Crippen LogP contribution in [0.15, 0.2) is 127 Å². The molecule has 4 heterocycles. The second-order valence-electron chi connectivity index (χ2n) is 17.8. The first-order valence-corrected chi connectivity index (χ1v) is 19.3. The maximum atomic E-state index is 10.3. The Morgan fingerprint density at radius 1 is 0.473 bits per heavy atom. The Kier molecular flexibility index (Phi) is 6.29.